The molecule has 1 N–H and O–H groups in total. The van der Waals surface area contributed by atoms with Crippen molar-refractivity contribution in [3.05, 3.63) is 46.6 Å². The van der Waals surface area contributed by atoms with Crippen molar-refractivity contribution in [2.45, 2.75) is 4.21 Å². The molecule has 0 fully saturated rings. The van der Waals surface area contributed by atoms with Gasteiger partial charge in [-0.05, 0) is 24.3 Å². The van der Waals surface area contributed by atoms with Gasteiger partial charge in [-0.15, -0.1) is 11.3 Å². The molecule has 0 saturated heterocycles. The number of hydrogen-bond acceptors (Lipinski definition) is 4. The zero-order valence-electron chi connectivity index (χ0n) is 9.97. The molecule has 106 valence electrons. The highest BCUT2D eigenvalue weighted by Crippen LogP contribution is 2.26. The van der Waals surface area contributed by atoms with E-state index in [0.717, 1.165) is 11.3 Å². The largest absolute Gasteiger partial charge is 0.323 e. The summed E-state index contributed by atoms with van der Waals surface area (Å²) >= 11 is 6.53. The molecule has 0 saturated carbocycles. The summed E-state index contributed by atoms with van der Waals surface area (Å²) in [4.78, 5) is 11.7. The number of hydrogen-bond donors (Lipinski definition) is 1. The van der Waals surface area contributed by atoms with Crippen molar-refractivity contribution in [1.82, 2.24) is 0 Å². The van der Waals surface area contributed by atoms with Crippen molar-refractivity contribution >= 4 is 44.4 Å². The van der Waals surface area contributed by atoms with Crippen LogP contribution in [0.3, 0.4) is 0 Å². The maximum atomic E-state index is 13.3. The summed E-state index contributed by atoms with van der Waals surface area (Å²) in [6.45, 7) is 0. The van der Waals surface area contributed by atoms with Gasteiger partial charge in [-0.2, -0.15) is 0 Å². The molecule has 8 heteroatoms. The van der Waals surface area contributed by atoms with Crippen molar-refractivity contribution in [2.75, 3.05) is 11.1 Å². The average Bonchev–Trinajstić information content (AvgIpc) is 2.79. The maximum absolute atomic E-state index is 13.3. The molecule has 1 aromatic heterocycles. The Balaban J connectivity index is 2.10. The standard InChI is InChI=1S/C12H9ClFNO3S2/c13-10-5-6-12(19-10)20(17,18)7-11(16)15-9-4-2-1-3-8(9)14/h1-6H,7H2,(H,15,16). The van der Waals surface area contributed by atoms with Crippen molar-refractivity contribution in [1.29, 1.82) is 0 Å². The summed E-state index contributed by atoms with van der Waals surface area (Å²) in [6.07, 6.45) is 0. The predicted molar refractivity (Wildman–Crippen MR) is 76.4 cm³/mol. The third kappa shape index (κ3) is 3.56. The molecular formula is C12H9ClFNO3S2. The van der Waals surface area contributed by atoms with Gasteiger partial charge in [0.2, 0.25) is 5.91 Å². The fourth-order valence-corrected chi connectivity index (χ4v) is 4.16. The number of sulfone groups is 1. The Morgan fingerprint density at radius 3 is 2.55 bits per heavy atom. The van der Waals surface area contributed by atoms with Crippen LogP contribution in [0.2, 0.25) is 4.34 Å². The molecule has 1 heterocycles. The lowest BCUT2D eigenvalue weighted by atomic mass is 10.3. The SMILES string of the molecule is O=C(CS(=O)(=O)c1ccc(Cl)s1)Nc1ccccc1F. The summed E-state index contributed by atoms with van der Waals surface area (Å²) in [5.74, 6) is -2.20. The molecule has 0 aliphatic heterocycles. The van der Waals surface area contributed by atoms with Gasteiger partial charge in [0.05, 0.1) is 10.0 Å². The Hall–Kier alpha value is -1.44. The number of rotatable bonds is 4. The molecule has 0 atom stereocenters. The summed E-state index contributed by atoms with van der Waals surface area (Å²) in [5, 5.41) is 2.22. The Bertz CT molecular complexity index is 743. The zero-order valence-corrected chi connectivity index (χ0v) is 12.4. The number of para-hydroxylation sites is 1. The van der Waals surface area contributed by atoms with Crippen LogP contribution in [-0.4, -0.2) is 20.1 Å². The molecule has 1 amide bonds. The first-order valence-electron chi connectivity index (χ1n) is 5.41. The predicted octanol–water partition coefficient (Wildman–Crippen LogP) is 2.95. The molecule has 4 nitrogen and oxygen atoms in total. The van der Waals surface area contributed by atoms with Crippen LogP contribution in [-0.2, 0) is 14.6 Å². The van der Waals surface area contributed by atoms with Gasteiger partial charge in [-0.1, -0.05) is 23.7 Å². The topological polar surface area (TPSA) is 63.2 Å². The minimum absolute atomic E-state index is 0.00573. The van der Waals surface area contributed by atoms with E-state index in [2.05, 4.69) is 5.32 Å². The summed E-state index contributed by atoms with van der Waals surface area (Å²) in [7, 11) is -3.77. The molecule has 2 aromatic rings. The van der Waals surface area contributed by atoms with Crippen LogP contribution >= 0.6 is 22.9 Å². The van der Waals surface area contributed by atoms with Crippen LogP contribution in [0.4, 0.5) is 10.1 Å². The van der Waals surface area contributed by atoms with Crippen LogP contribution < -0.4 is 5.32 Å². The highest BCUT2D eigenvalue weighted by molar-refractivity contribution is 7.94. The Kier molecular flexibility index (Phi) is 4.42. The van der Waals surface area contributed by atoms with E-state index in [1.54, 1.807) is 0 Å². The van der Waals surface area contributed by atoms with Gasteiger partial charge in [0.25, 0.3) is 0 Å². The van der Waals surface area contributed by atoms with Crippen molar-refractivity contribution < 1.29 is 17.6 Å². The van der Waals surface area contributed by atoms with E-state index >= 15 is 0 Å². The molecule has 1 aromatic carbocycles. The lowest BCUT2D eigenvalue weighted by Crippen LogP contribution is -2.23. The lowest BCUT2D eigenvalue weighted by Gasteiger charge is -2.06. The summed E-state index contributed by atoms with van der Waals surface area (Å²) < 4.78 is 37.5. The Morgan fingerprint density at radius 2 is 1.95 bits per heavy atom. The second-order valence-corrected chi connectivity index (χ2v) is 7.78. The van der Waals surface area contributed by atoms with Gasteiger partial charge in [-0.3, -0.25) is 4.79 Å². The number of thiophene rings is 1. The number of anilines is 1. The maximum Gasteiger partial charge on any atom is 0.240 e. The Morgan fingerprint density at radius 1 is 1.25 bits per heavy atom. The van der Waals surface area contributed by atoms with E-state index in [4.69, 9.17) is 11.6 Å². The average molecular weight is 334 g/mol. The quantitative estimate of drug-likeness (QED) is 0.935. The minimum Gasteiger partial charge on any atom is -0.323 e. The normalized spacial score (nSPS) is 11.3. The fraction of sp³-hybridized carbons (Fsp3) is 0.0833. The third-order valence-electron chi connectivity index (χ3n) is 2.32. The number of carbonyl (C=O) groups is 1. The van der Waals surface area contributed by atoms with Gasteiger partial charge >= 0.3 is 0 Å². The van der Waals surface area contributed by atoms with Crippen LogP contribution in [0.25, 0.3) is 0 Å². The van der Waals surface area contributed by atoms with E-state index in [1.165, 1.54) is 36.4 Å². The zero-order chi connectivity index (χ0) is 14.8. The van der Waals surface area contributed by atoms with E-state index in [-0.39, 0.29) is 9.90 Å². The van der Waals surface area contributed by atoms with Gasteiger partial charge < -0.3 is 5.32 Å². The molecule has 0 bridgehead atoms. The van der Waals surface area contributed by atoms with E-state index in [1.807, 2.05) is 0 Å². The van der Waals surface area contributed by atoms with Crippen LogP contribution in [0.5, 0.6) is 0 Å². The fourth-order valence-electron chi connectivity index (χ4n) is 1.46. The monoisotopic (exact) mass is 333 g/mol. The highest BCUT2D eigenvalue weighted by atomic mass is 35.5. The van der Waals surface area contributed by atoms with E-state index < -0.39 is 27.3 Å². The van der Waals surface area contributed by atoms with Crippen molar-refractivity contribution in [3.63, 3.8) is 0 Å². The van der Waals surface area contributed by atoms with Gasteiger partial charge in [-0.25, -0.2) is 12.8 Å². The number of nitrogens with one attached hydrogen (secondary N) is 1. The first-order chi connectivity index (χ1) is 9.38. The lowest BCUT2D eigenvalue weighted by molar-refractivity contribution is -0.113. The van der Waals surface area contributed by atoms with Crippen molar-refractivity contribution in [3.8, 4) is 0 Å². The summed E-state index contributed by atoms with van der Waals surface area (Å²) in [6, 6.07) is 8.29. The van der Waals surface area contributed by atoms with E-state index in [0.29, 0.717) is 4.34 Å². The second-order valence-electron chi connectivity index (χ2n) is 3.85. The molecule has 0 aliphatic rings. The molecular weight excluding hydrogens is 325 g/mol. The first kappa shape index (κ1) is 15.0. The second kappa shape index (κ2) is 5.90. The summed E-state index contributed by atoms with van der Waals surface area (Å²) in [5.41, 5.74) is -0.0584. The van der Waals surface area contributed by atoms with Gasteiger partial charge in [0, 0.05) is 0 Å². The van der Waals surface area contributed by atoms with Crippen LogP contribution in [0.1, 0.15) is 0 Å². The molecule has 2 rings (SSSR count). The molecule has 0 spiro atoms. The van der Waals surface area contributed by atoms with Gasteiger partial charge in [0.15, 0.2) is 9.84 Å². The number of carbonyl (C=O) groups excluding carboxylic acids is 1. The minimum atomic E-state index is -3.77. The Labute approximate surface area is 124 Å². The molecule has 0 aliphatic carbocycles. The van der Waals surface area contributed by atoms with Crippen LogP contribution in [0.15, 0.2) is 40.6 Å². The highest BCUT2D eigenvalue weighted by Gasteiger charge is 2.21. The van der Waals surface area contributed by atoms with Gasteiger partial charge in [0.1, 0.15) is 15.8 Å². The molecule has 20 heavy (non-hydrogen) atoms. The van der Waals surface area contributed by atoms with Crippen molar-refractivity contribution in [2.24, 2.45) is 0 Å². The number of halogens is 2. The third-order valence-corrected chi connectivity index (χ3v) is 5.75. The van der Waals surface area contributed by atoms with Crippen LogP contribution in [0, 0.1) is 5.82 Å². The molecule has 0 unspecified atom stereocenters. The molecule has 0 radical (unpaired) electrons. The first-order valence-corrected chi connectivity index (χ1v) is 8.25. The van der Waals surface area contributed by atoms with E-state index in [9.17, 15) is 17.6 Å². The smallest absolute Gasteiger partial charge is 0.240 e. The number of amides is 1. The number of benzene rings is 1.